The molecule has 1 aromatic rings. The molecular weight excluding hydrogens is 442 g/mol. The average Bonchev–Trinajstić information content (AvgIpc) is 3.30. The number of benzene rings is 1. The molecule has 1 aromatic carbocycles. The third-order valence-corrected chi connectivity index (χ3v) is 8.09. The number of nitrogens with one attached hydrogen (secondary N) is 1. The van der Waals surface area contributed by atoms with Crippen LogP contribution in [0.1, 0.15) is 90.5 Å². The van der Waals surface area contributed by atoms with E-state index in [0.29, 0.717) is 12.0 Å². The van der Waals surface area contributed by atoms with Gasteiger partial charge < -0.3 is 10.2 Å². The zero-order valence-electron chi connectivity index (χ0n) is 23.2. The Hall–Kier alpha value is -2.43. The van der Waals surface area contributed by atoms with Gasteiger partial charge in [-0.15, -0.1) is 0 Å². The van der Waals surface area contributed by atoms with Gasteiger partial charge in [-0.3, -0.25) is 15.0 Å². The minimum absolute atomic E-state index is 0.411. The molecule has 0 spiro atoms. The topological polar surface area (TPSA) is 52.4 Å². The number of hydrogen-bond donors (Lipinski definition) is 1. The third-order valence-electron chi connectivity index (χ3n) is 8.09. The van der Waals surface area contributed by atoms with Gasteiger partial charge >= 0.3 is 0 Å². The van der Waals surface area contributed by atoms with E-state index in [-0.39, 0.29) is 0 Å². The van der Waals surface area contributed by atoms with Gasteiger partial charge in [0.15, 0.2) is 0 Å². The summed E-state index contributed by atoms with van der Waals surface area (Å²) in [6.07, 6.45) is 13.3. The van der Waals surface area contributed by atoms with Crippen molar-refractivity contribution in [1.82, 2.24) is 5.32 Å². The van der Waals surface area contributed by atoms with Crippen LogP contribution in [0.5, 0.6) is 0 Å². The van der Waals surface area contributed by atoms with Crippen molar-refractivity contribution >= 4 is 11.5 Å². The van der Waals surface area contributed by atoms with Crippen molar-refractivity contribution in [3.8, 4) is 0 Å². The maximum Gasteiger partial charge on any atom is 0.128 e. The van der Waals surface area contributed by atoms with Crippen molar-refractivity contribution in [1.29, 1.82) is 0 Å². The fourth-order valence-corrected chi connectivity index (χ4v) is 5.98. The van der Waals surface area contributed by atoms with Gasteiger partial charge in [0.05, 0.1) is 29.8 Å². The quantitative estimate of drug-likeness (QED) is 0.261. The van der Waals surface area contributed by atoms with Crippen LogP contribution in [0.3, 0.4) is 0 Å². The molecule has 0 unspecified atom stereocenters. The van der Waals surface area contributed by atoms with Crippen molar-refractivity contribution in [3.63, 3.8) is 0 Å². The van der Waals surface area contributed by atoms with E-state index in [1.807, 2.05) is 6.92 Å². The molecule has 1 aliphatic heterocycles. The van der Waals surface area contributed by atoms with Gasteiger partial charge in [0.2, 0.25) is 0 Å². The number of amidine groups is 1. The zero-order valence-corrected chi connectivity index (χ0v) is 23.2. The maximum absolute atomic E-state index is 5.24. The summed E-state index contributed by atoms with van der Waals surface area (Å²) in [4.78, 5) is 17.4. The molecule has 0 aromatic heterocycles. The molecule has 2 aliphatic carbocycles. The minimum Gasteiger partial charge on any atom is -0.375 e. The van der Waals surface area contributed by atoms with Crippen molar-refractivity contribution in [2.45, 2.75) is 97.4 Å². The maximum atomic E-state index is 5.24. The SMILES string of the molecule is C=C(C)NC(=NC1CCC(Cc2cc(N(C)CCCCC)cc3c2=NCCN=3)CC1)C1=C(C)CCC1. The van der Waals surface area contributed by atoms with Crippen LogP contribution < -0.4 is 20.9 Å². The van der Waals surface area contributed by atoms with Crippen molar-refractivity contribution in [2.24, 2.45) is 20.9 Å². The minimum atomic E-state index is 0.411. The Kier molecular flexibility index (Phi) is 9.39. The highest BCUT2D eigenvalue weighted by molar-refractivity contribution is 6.00. The molecule has 5 nitrogen and oxygen atoms in total. The predicted molar refractivity (Wildman–Crippen MR) is 153 cm³/mol. The molecule has 1 saturated carbocycles. The van der Waals surface area contributed by atoms with Gasteiger partial charge in [-0.25, -0.2) is 0 Å². The van der Waals surface area contributed by atoms with Crippen LogP contribution in [-0.2, 0) is 6.42 Å². The van der Waals surface area contributed by atoms with Crippen molar-refractivity contribution in [3.05, 3.63) is 51.8 Å². The average molecular weight is 490 g/mol. The van der Waals surface area contributed by atoms with Crippen molar-refractivity contribution in [2.75, 3.05) is 31.6 Å². The van der Waals surface area contributed by atoms with E-state index >= 15 is 0 Å². The number of unbranched alkanes of at least 4 members (excludes halogenated alkanes) is 2. The third kappa shape index (κ3) is 6.86. The van der Waals surface area contributed by atoms with E-state index in [1.165, 1.54) is 80.2 Å². The van der Waals surface area contributed by atoms with Gasteiger partial charge in [-0.2, -0.15) is 0 Å². The Bertz CT molecular complexity index is 1100. The van der Waals surface area contributed by atoms with Crippen LogP contribution in [0, 0.1) is 5.92 Å². The Balaban J connectivity index is 1.45. The Morgan fingerprint density at radius 3 is 2.58 bits per heavy atom. The second-order valence-electron chi connectivity index (χ2n) is 11.2. The summed E-state index contributed by atoms with van der Waals surface area (Å²) in [6.45, 7) is 13.4. The standard InChI is InChI=1S/C31H47N5/c1-6-7-8-18-36(5)27-20-25(30-29(21-27)32-16-17-33-30)19-24-12-14-26(15-13-24)35-31(34-22(2)3)28-11-9-10-23(28)4/h20-21,24,26H,2,6-19H2,1,3-5H3,(H,34,35). The molecule has 0 saturated heterocycles. The lowest BCUT2D eigenvalue weighted by Gasteiger charge is -2.28. The van der Waals surface area contributed by atoms with E-state index in [9.17, 15) is 0 Å². The fourth-order valence-electron chi connectivity index (χ4n) is 5.98. The van der Waals surface area contributed by atoms with E-state index < -0.39 is 0 Å². The normalized spacial score (nSPS) is 22.1. The molecule has 1 fully saturated rings. The van der Waals surface area contributed by atoms with Crippen LogP contribution in [0.15, 0.2) is 50.5 Å². The van der Waals surface area contributed by atoms with Gasteiger partial charge in [-0.05, 0) is 101 Å². The Morgan fingerprint density at radius 1 is 1.11 bits per heavy atom. The first-order valence-corrected chi connectivity index (χ1v) is 14.4. The molecule has 0 radical (unpaired) electrons. The highest BCUT2D eigenvalue weighted by Crippen LogP contribution is 2.31. The summed E-state index contributed by atoms with van der Waals surface area (Å²) in [5, 5.41) is 5.75. The Morgan fingerprint density at radius 2 is 1.89 bits per heavy atom. The fraction of sp³-hybridized carbons (Fsp3) is 0.645. The lowest BCUT2D eigenvalue weighted by atomic mass is 9.82. The summed E-state index contributed by atoms with van der Waals surface area (Å²) in [5.74, 6) is 1.79. The summed E-state index contributed by atoms with van der Waals surface area (Å²) >= 11 is 0. The van der Waals surface area contributed by atoms with Gasteiger partial charge in [0.25, 0.3) is 0 Å². The molecule has 0 atom stereocenters. The molecule has 5 heteroatoms. The molecule has 0 bridgehead atoms. The van der Waals surface area contributed by atoms with E-state index in [1.54, 1.807) is 0 Å². The molecule has 36 heavy (non-hydrogen) atoms. The number of fused-ring (bicyclic) bond motifs is 1. The molecular formula is C31H47N5. The molecule has 3 aliphatic rings. The first-order valence-electron chi connectivity index (χ1n) is 14.4. The van der Waals surface area contributed by atoms with Crippen LogP contribution >= 0.6 is 0 Å². The highest BCUT2D eigenvalue weighted by atomic mass is 15.1. The molecule has 1 heterocycles. The second-order valence-corrected chi connectivity index (χ2v) is 11.2. The zero-order chi connectivity index (χ0) is 25.5. The monoisotopic (exact) mass is 489 g/mol. The molecule has 0 amide bonds. The van der Waals surface area contributed by atoms with Gasteiger partial charge in [0, 0.05) is 25.0 Å². The largest absolute Gasteiger partial charge is 0.375 e. The number of allylic oxidation sites excluding steroid dienone is 2. The first-order chi connectivity index (χ1) is 17.4. The van der Waals surface area contributed by atoms with Crippen LogP contribution in [0.4, 0.5) is 5.69 Å². The molecule has 196 valence electrons. The van der Waals surface area contributed by atoms with Crippen LogP contribution in [0.25, 0.3) is 0 Å². The number of anilines is 1. The number of hydrogen-bond acceptors (Lipinski definition) is 4. The van der Waals surface area contributed by atoms with E-state index in [0.717, 1.165) is 54.7 Å². The lowest BCUT2D eigenvalue weighted by molar-refractivity contribution is 0.325. The molecule has 4 rings (SSSR count). The van der Waals surface area contributed by atoms with E-state index in [4.69, 9.17) is 15.0 Å². The second kappa shape index (κ2) is 12.7. The predicted octanol–water partition coefficient (Wildman–Crippen LogP) is 5.69. The number of nitrogens with zero attached hydrogens (tertiary/aromatic N) is 4. The highest BCUT2D eigenvalue weighted by Gasteiger charge is 2.24. The number of aliphatic imine (C=N–C) groups is 1. The van der Waals surface area contributed by atoms with Gasteiger partial charge in [0.1, 0.15) is 5.84 Å². The smallest absolute Gasteiger partial charge is 0.128 e. The van der Waals surface area contributed by atoms with Crippen LogP contribution in [0.2, 0.25) is 0 Å². The number of rotatable bonds is 10. The van der Waals surface area contributed by atoms with E-state index in [2.05, 4.69) is 49.8 Å². The summed E-state index contributed by atoms with van der Waals surface area (Å²) in [7, 11) is 2.22. The lowest BCUT2D eigenvalue weighted by Crippen LogP contribution is -2.36. The van der Waals surface area contributed by atoms with Gasteiger partial charge in [-0.1, -0.05) is 31.9 Å². The molecule has 1 N–H and O–H groups in total. The van der Waals surface area contributed by atoms with Crippen LogP contribution in [-0.4, -0.2) is 38.6 Å². The summed E-state index contributed by atoms with van der Waals surface area (Å²) in [5.41, 5.74) is 6.60. The Labute approximate surface area is 218 Å². The summed E-state index contributed by atoms with van der Waals surface area (Å²) in [6, 6.07) is 5.08. The summed E-state index contributed by atoms with van der Waals surface area (Å²) < 4.78 is 0. The van der Waals surface area contributed by atoms with Crippen molar-refractivity contribution < 1.29 is 0 Å². The first kappa shape index (κ1) is 26.6.